The maximum atomic E-state index is 11.7. The van der Waals surface area contributed by atoms with E-state index in [2.05, 4.69) is 27.0 Å². The van der Waals surface area contributed by atoms with Crippen molar-refractivity contribution in [2.45, 2.75) is 25.3 Å². The topological polar surface area (TPSA) is 86.0 Å². The lowest BCUT2D eigenvalue weighted by molar-refractivity contribution is -0.120. The summed E-state index contributed by atoms with van der Waals surface area (Å²) in [4.78, 5) is 26.3. The molecule has 0 bridgehead atoms. The monoisotopic (exact) mass is 300 g/mol. The fourth-order valence-corrected chi connectivity index (χ4v) is 2.36. The lowest BCUT2D eigenvalue weighted by Gasteiger charge is -2.07. The van der Waals surface area contributed by atoms with Crippen molar-refractivity contribution in [3.05, 3.63) is 36.0 Å². The van der Waals surface area contributed by atoms with Gasteiger partial charge in [-0.25, -0.2) is 4.79 Å². The number of aromatic nitrogens is 1. The van der Waals surface area contributed by atoms with E-state index >= 15 is 0 Å². The Bertz CT molecular complexity index is 676. The van der Waals surface area contributed by atoms with Crippen LogP contribution in [0, 0.1) is 0 Å². The average Bonchev–Trinajstić information content (AvgIpc) is 3.24. The summed E-state index contributed by atoms with van der Waals surface area (Å²) in [5.41, 5.74) is 2.28. The highest BCUT2D eigenvalue weighted by atomic mass is 16.2. The van der Waals surface area contributed by atoms with Gasteiger partial charge in [0.1, 0.15) is 0 Å². The minimum absolute atomic E-state index is 0.00639. The molecule has 3 rings (SSSR count). The summed E-state index contributed by atoms with van der Waals surface area (Å²) in [6.45, 7) is 0.555. The van der Waals surface area contributed by atoms with Gasteiger partial charge in [-0.3, -0.25) is 4.79 Å². The minimum atomic E-state index is -0.269. The van der Waals surface area contributed by atoms with Crippen molar-refractivity contribution in [2.24, 2.45) is 0 Å². The van der Waals surface area contributed by atoms with Crippen molar-refractivity contribution >= 4 is 22.8 Å². The van der Waals surface area contributed by atoms with E-state index in [-0.39, 0.29) is 18.5 Å². The maximum absolute atomic E-state index is 11.7. The second-order valence-corrected chi connectivity index (χ2v) is 5.56. The molecule has 6 heteroatoms. The molecule has 1 saturated carbocycles. The molecule has 1 heterocycles. The summed E-state index contributed by atoms with van der Waals surface area (Å²) in [7, 11) is 0. The van der Waals surface area contributed by atoms with E-state index < -0.39 is 0 Å². The molecule has 1 aliphatic carbocycles. The van der Waals surface area contributed by atoms with E-state index in [4.69, 9.17) is 0 Å². The van der Waals surface area contributed by atoms with Gasteiger partial charge in [0.2, 0.25) is 5.91 Å². The molecule has 0 aliphatic heterocycles. The van der Waals surface area contributed by atoms with Crippen molar-refractivity contribution in [3.63, 3.8) is 0 Å². The van der Waals surface area contributed by atoms with Gasteiger partial charge in [0.05, 0.1) is 6.54 Å². The van der Waals surface area contributed by atoms with Gasteiger partial charge >= 0.3 is 6.03 Å². The number of para-hydroxylation sites is 1. The fourth-order valence-electron chi connectivity index (χ4n) is 2.36. The quantitative estimate of drug-likeness (QED) is 0.648. The summed E-state index contributed by atoms with van der Waals surface area (Å²) >= 11 is 0. The van der Waals surface area contributed by atoms with E-state index in [1.165, 1.54) is 10.9 Å². The minimum Gasteiger partial charge on any atom is -0.361 e. The van der Waals surface area contributed by atoms with Crippen molar-refractivity contribution in [2.75, 3.05) is 13.1 Å². The molecular weight excluding hydrogens is 280 g/mol. The van der Waals surface area contributed by atoms with Crippen LogP contribution in [0.25, 0.3) is 10.9 Å². The van der Waals surface area contributed by atoms with Crippen LogP contribution < -0.4 is 16.0 Å². The summed E-state index contributed by atoms with van der Waals surface area (Å²) in [6.07, 6.45) is 4.79. The van der Waals surface area contributed by atoms with Crippen LogP contribution in [0.15, 0.2) is 30.5 Å². The third-order valence-electron chi connectivity index (χ3n) is 3.71. The Labute approximate surface area is 128 Å². The molecule has 1 aromatic carbocycles. The number of carbonyl (C=O) groups excluding carboxylic acids is 2. The summed E-state index contributed by atoms with van der Waals surface area (Å²) < 4.78 is 0. The third-order valence-corrected chi connectivity index (χ3v) is 3.71. The zero-order valence-electron chi connectivity index (χ0n) is 12.3. The lowest BCUT2D eigenvalue weighted by atomic mass is 10.1. The number of hydrogen-bond donors (Lipinski definition) is 4. The van der Waals surface area contributed by atoms with E-state index in [9.17, 15) is 9.59 Å². The maximum Gasteiger partial charge on any atom is 0.315 e. The van der Waals surface area contributed by atoms with E-state index in [1.54, 1.807) is 0 Å². The molecule has 0 radical (unpaired) electrons. The van der Waals surface area contributed by atoms with Gasteiger partial charge in [0.25, 0.3) is 0 Å². The first-order valence-electron chi connectivity index (χ1n) is 7.58. The van der Waals surface area contributed by atoms with Gasteiger partial charge in [-0.2, -0.15) is 0 Å². The number of hydrogen-bond acceptors (Lipinski definition) is 2. The van der Waals surface area contributed by atoms with Crippen LogP contribution in [-0.4, -0.2) is 36.1 Å². The molecule has 1 aliphatic rings. The smallest absolute Gasteiger partial charge is 0.315 e. The number of benzene rings is 1. The van der Waals surface area contributed by atoms with Crippen LogP contribution in [0.3, 0.4) is 0 Å². The molecule has 2 aromatic rings. The lowest BCUT2D eigenvalue weighted by Crippen LogP contribution is -2.43. The first-order chi connectivity index (χ1) is 10.7. The van der Waals surface area contributed by atoms with Crippen LogP contribution in [0.4, 0.5) is 4.79 Å². The van der Waals surface area contributed by atoms with E-state index in [0.29, 0.717) is 12.6 Å². The number of amides is 3. The molecule has 0 spiro atoms. The Kier molecular flexibility index (Phi) is 4.27. The number of H-pyrrole nitrogens is 1. The molecule has 1 fully saturated rings. The Morgan fingerprint density at radius 3 is 2.82 bits per heavy atom. The van der Waals surface area contributed by atoms with Crippen molar-refractivity contribution in [1.29, 1.82) is 0 Å². The van der Waals surface area contributed by atoms with Crippen molar-refractivity contribution < 1.29 is 9.59 Å². The Morgan fingerprint density at radius 1 is 1.18 bits per heavy atom. The second kappa shape index (κ2) is 6.51. The van der Waals surface area contributed by atoms with Gasteiger partial charge in [0, 0.05) is 29.7 Å². The van der Waals surface area contributed by atoms with Gasteiger partial charge in [-0.05, 0) is 30.9 Å². The predicted octanol–water partition coefficient (Wildman–Crippen LogP) is 1.29. The number of rotatable bonds is 6. The van der Waals surface area contributed by atoms with Crippen molar-refractivity contribution in [3.8, 4) is 0 Å². The molecule has 116 valence electrons. The van der Waals surface area contributed by atoms with Gasteiger partial charge < -0.3 is 20.9 Å². The van der Waals surface area contributed by atoms with Crippen molar-refractivity contribution in [1.82, 2.24) is 20.9 Å². The highest BCUT2D eigenvalue weighted by molar-refractivity contribution is 5.84. The first-order valence-corrected chi connectivity index (χ1v) is 7.58. The zero-order chi connectivity index (χ0) is 15.4. The molecule has 6 nitrogen and oxygen atoms in total. The normalized spacial score (nSPS) is 13.8. The van der Waals surface area contributed by atoms with Gasteiger partial charge in [0.15, 0.2) is 0 Å². The highest BCUT2D eigenvalue weighted by Gasteiger charge is 2.23. The number of nitrogens with one attached hydrogen (secondary N) is 4. The van der Waals surface area contributed by atoms with Crippen LogP contribution >= 0.6 is 0 Å². The third kappa shape index (κ3) is 3.78. The summed E-state index contributed by atoms with van der Waals surface area (Å²) in [6, 6.07) is 8.11. The zero-order valence-corrected chi connectivity index (χ0v) is 12.3. The largest absolute Gasteiger partial charge is 0.361 e. The molecule has 0 unspecified atom stereocenters. The number of fused-ring (bicyclic) bond motifs is 1. The van der Waals surface area contributed by atoms with E-state index in [1.807, 2.05) is 24.4 Å². The first kappa shape index (κ1) is 14.4. The predicted molar refractivity (Wildman–Crippen MR) is 84.6 cm³/mol. The van der Waals surface area contributed by atoms with Gasteiger partial charge in [-0.1, -0.05) is 18.2 Å². The molecular formula is C16H20N4O2. The molecule has 3 amide bonds. The summed E-state index contributed by atoms with van der Waals surface area (Å²) in [5.74, 6) is -0.175. The van der Waals surface area contributed by atoms with E-state index in [0.717, 1.165) is 24.8 Å². The molecule has 1 aromatic heterocycles. The average molecular weight is 300 g/mol. The van der Waals surface area contributed by atoms with Crippen LogP contribution in [0.5, 0.6) is 0 Å². The number of aromatic amines is 1. The van der Waals surface area contributed by atoms with Crippen LogP contribution in [-0.2, 0) is 11.2 Å². The molecule has 4 N–H and O–H groups in total. The van der Waals surface area contributed by atoms with Crippen LogP contribution in [0.1, 0.15) is 18.4 Å². The Morgan fingerprint density at radius 2 is 2.00 bits per heavy atom. The standard InChI is InChI=1S/C16H20N4O2/c21-15(10-19-16(22)20-12-5-6-12)17-8-7-11-9-18-14-4-2-1-3-13(11)14/h1-4,9,12,18H,5-8,10H2,(H,17,21)(H2,19,20,22). The second-order valence-electron chi connectivity index (χ2n) is 5.56. The van der Waals surface area contributed by atoms with Gasteiger partial charge in [-0.15, -0.1) is 0 Å². The number of carbonyl (C=O) groups is 2. The summed E-state index contributed by atoms with van der Waals surface area (Å²) in [5, 5.41) is 9.33. The SMILES string of the molecule is O=C(CNC(=O)NC1CC1)NCCc1c[nH]c2ccccc12. The number of urea groups is 1. The molecule has 22 heavy (non-hydrogen) atoms. The Hall–Kier alpha value is -2.50. The van der Waals surface area contributed by atoms with Crippen LogP contribution in [0.2, 0.25) is 0 Å². The highest BCUT2D eigenvalue weighted by Crippen LogP contribution is 2.18. The Balaban J connectivity index is 1.38. The fraction of sp³-hybridized carbons (Fsp3) is 0.375. The molecule has 0 saturated heterocycles. The molecule has 0 atom stereocenters.